The molecule has 0 bridgehead atoms. The van der Waals surface area contributed by atoms with Crippen LogP contribution in [-0.4, -0.2) is 15.2 Å². The van der Waals surface area contributed by atoms with Gasteiger partial charge in [-0.05, 0) is 44.6 Å². The van der Waals surface area contributed by atoms with E-state index in [1.165, 1.54) is 6.92 Å². The van der Waals surface area contributed by atoms with E-state index in [1.54, 1.807) is 10.6 Å². The van der Waals surface area contributed by atoms with Gasteiger partial charge in [0.05, 0.1) is 10.7 Å². The van der Waals surface area contributed by atoms with Crippen LogP contribution in [0.2, 0.25) is 0 Å². The predicted octanol–water partition coefficient (Wildman–Crippen LogP) is 2.90. The number of fused-ring (bicyclic) bond motifs is 1. The summed E-state index contributed by atoms with van der Waals surface area (Å²) < 4.78 is 3.76. The summed E-state index contributed by atoms with van der Waals surface area (Å²) in [5, 5.41) is 0. The van der Waals surface area contributed by atoms with Crippen molar-refractivity contribution in [2.45, 2.75) is 6.92 Å². The van der Waals surface area contributed by atoms with Gasteiger partial charge in [0.25, 0.3) is 0 Å². The smallest absolute Gasteiger partial charge is 0.178 e. The van der Waals surface area contributed by atoms with Crippen LogP contribution in [0.1, 0.15) is 17.4 Å². The van der Waals surface area contributed by atoms with Crippen molar-refractivity contribution in [2.75, 3.05) is 0 Å². The summed E-state index contributed by atoms with van der Waals surface area (Å²) in [4.78, 5) is 15.4. The molecule has 0 saturated carbocycles. The molecule has 0 spiro atoms. The van der Waals surface area contributed by atoms with Crippen molar-refractivity contribution in [3.63, 3.8) is 0 Å². The number of nitrogens with zero attached hydrogens (tertiary/aromatic N) is 2. The normalized spacial score (nSPS) is 10.8. The van der Waals surface area contributed by atoms with Gasteiger partial charge in [-0.2, -0.15) is 0 Å². The fourth-order valence-electron chi connectivity index (χ4n) is 1.27. The van der Waals surface area contributed by atoms with Gasteiger partial charge in [-0.1, -0.05) is 0 Å². The molecule has 0 amide bonds. The van der Waals surface area contributed by atoms with Crippen LogP contribution < -0.4 is 0 Å². The van der Waals surface area contributed by atoms with Crippen LogP contribution in [0, 0.1) is 3.57 Å². The number of carbonyl (C=O) groups excluding carboxylic acids is 1. The molecular weight excluding hydrogens is 359 g/mol. The molecule has 0 atom stereocenters. The monoisotopic (exact) mass is 364 g/mol. The fourth-order valence-corrected chi connectivity index (χ4v) is 2.83. The summed E-state index contributed by atoms with van der Waals surface area (Å²) in [5.74, 6) is 0.0198. The zero-order valence-corrected chi connectivity index (χ0v) is 11.0. The van der Waals surface area contributed by atoms with E-state index in [1.807, 2.05) is 12.3 Å². The van der Waals surface area contributed by atoms with Gasteiger partial charge in [0.2, 0.25) is 0 Å². The van der Waals surface area contributed by atoms with Gasteiger partial charge in [0, 0.05) is 16.7 Å². The summed E-state index contributed by atoms with van der Waals surface area (Å²) in [5.41, 5.74) is 1.38. The summed E-state index contributed by atoms with van der Waals surface area (Å²) in [6.07, 6.45) is 3.49. The molecule has 0 unspecified atom stereocenters. The maximum Gasteiger partial charge on any atom is 0.178 e. The molecule has 0 aliphatic carbocycles. The van der Waals surface area contributed by atoms with E-state index < -0.39 is 0 Å². The molecule has 0 aliphatic heterocycles. The van der Waals surface area contributed by atoms with E-state index in [-0.39, 0.29) is 5.78 Å². The highest BCUT2D eigenvalue weighted by atomic mass is 127. The second kappa shape index (κ2) is 3.62. The van der Waals surface area contributed by atoms with E-state index in [4.69, 9.17) is 0 Å². The molecule has 2 heterocycles. The lowest BCUT2D eigenvalue weighted by Crippen LogP contribution is -1.98. The van der Waals surface area contributed by atoms with Crippen molar-refractivity contribution in [1.29, 1.82) is 0 Å². The zero-order chi connectivity index (χ0) is 10.3. The average Bonchev–Trinajstić information content (AvgIpc) is 2.47. The van der Waals surface area contributed by atoms with Crippen molar-refractivity contribution in [1.82, 2.24) is 9.38 Å². The lowest BCUT2D eigenvalue weighted by atomic mass is 10.3. The molecule has 3 nitrogen and oxygen atoms in total. The maximum absolute atomic E-state index is 11.3. The predicted molar refractivity (Wildman–Crippen MR) is 65.6 cm³/mol. The van der Waals surface area contributed by atoms with Gasteiger partial charge in [-0.25, -0.2) is 4.98 Å². The van der Waals surface area contributed by atoms with Crippen LogP contribution in [0.3, 0.4) is 0 Å². The molecular formula is C9H6BrIN2O. The molecule has 0 radical (unpaired) electrons. The number of Topliss-reactive ketones (excluding diaryl/α,β-unsaturated/α-hetero) is 1. The first kappa shape index (κ1) is 10.1. The molecule has 0 aliphatic rings. The minimum Gasteiger partial charge on any atom is -0.295 e. The minimum atomic E-state index is 0.0198. The lowest BCUT2D eigenvalue weighted by molar-refractivity contribution is 0.101. The molecule has 0 saturated heterocycles. The Kier molecular flexibility index (Phi) is 2.61. The van der Waals surface area contributed by atoms with Crippen molar-refractivity contribution < 1.29 is 4.79 Å². The molecule has 2 rings (SSSR count). The molecule has 2 aromatic heterocycles. The number of aromatic nitrogens is 2. The number of halogens is 2. The van der Waals surface area contributed by atoms with Gasteiger partial charge in [-0.15, -0.1) is 0 Å². The Hall–Kier alpha value is -0.430. The number of imidazole rings is 1. The largest absolute Gasteiger partial charge is 0.295 e. The molecule has 0 N–H and O–H groups in total. The van der Waals surface area contributed by atoms with Crippen LogP contribution in [0.15, 0.2) is 22.9 Å². The first-order valence-corrected chi connectivity index (χ1v) is 5.80. The van der Waals surface area contributed by atoms with Crippen molar-refractivity contribution in [3.8, 4) is 0 Å². The number of pyridine rings is 1. The Morgan fingerprint density at radius 3 is 3.00 bits per heavy atom. The SMILES string of the molecule is CC(=O)c1cnc2c(Br)cc(I)cn12. The first-order valence-electron chi connectivity index (χ1n) is 3.92. The van der Waals surface area contributed by atoms with E-state index in [0.717, 1.165) is 13.7 Å². The molecule has 0 aromatic carbocycles. The second-order valence-corrected chi connectivity index (χ2v) is 5.00. The third-order valence-corrected chi connectivity index (χ3v) is 3.06. The van der Waals surface area contributed by atoms with Gasteiger partial charge < -0.3 is 0 Å². The number of hydrogen-bond acceptors (Lipinski definition) is 2. The second-order valence-electron chi connectivity index (χ2n) is 2.90. The quantitative estimate of drug-likeness (QED) is 0.576. The summed E-state index contributed by atoms with van der Waals surface area (Å²) in [6.45, 7) is 1.54. The van der Waals surface area contributed by atoms with Crippen molar-refractivity contribution in [2.24, 2.45) is 0 Å². The van der Waals surface area contributed by atoms with E-state index in [2.05, 4.69) is 43.5 Å². The van der Waals surface area contributed by atoms with Gasteiger partial charge >= 0.3 is 0 Å². The number of hydrogen-bond donors (Lipinski definition) is 0. The fraction of sp³-hybridized carbons (Fsp3) is 0.111. The van der Waals surface area contributed by atoms with Gasteiger partial charge in [-0.3, -0.25) is 9.20 Å². The highest BCUT2D eigenvalue weighted by Crippen LogP contribution is 2.21. The van der Waals surface area contributed by atoms with Crippen LogP contribution >= 0.6 is 38.5 Å². The average molecular weight is 365 g/mol. The Labute approximate surface area is 103 Å². The lowest BCUT2D eigenvalue weighted by Gasteiger charge is -2.00. The zero-order valence-electron chi connectivity index (χ0n) is 7.29. The summed E-state index contributed by atoms with van der Waals surface area (Å²) in [7, 11) is 0. The summed E-state index contributed by atoms with van der Waals surface area (Å²) >= 11 is 5.61. The molecule has 5 heteroatoms. The van der Waals surface area contributed by atoms with Gasteiger partial charge in [0.15, 0.2) is 11.4 Å². The first-order chi connectivity index (χ1) is 6.59. The van der Waals surface area contributed by atoms with Gasteiger partial charge in [0.1, 0.15) is 5.69 Å². The maximum atomic E-state index is 11.3. The topological polar surface area (TPSA) is 34.4 Å². The molecule has 72 valence electrons. The Morgan fingerprint density at radius 2 is 2.36 bits per heavy atom. The van der Waals surface area contributed by atoms with Crippen molar-refractivity contribution in [3.05, 3.63) is 32.2 Å². The van der Waals surface area contributed by atoms with E-state index in [9.17, 15) is 4.79 Å². The Bertz CT molecular complexity index is 521. The van der Waals surface area contributed by atoms with Crippen LogP contribution in [0.4, 0.5) is 0 Å². The Balaban J connectivity index is 2.85. The number of ketones is 1. The third kappa shape index (κ3) is 1.58. The number of carbonyl (C=O) groups is 1. The van der Waals surface area contributed by atoms with E-state index in [0.29, 0.717) is 5.69 Å². The highest BCUT2D eigenvalue weighted by Gasteiger charge is 2.10. The molecule has 2 aromatic rings. The van der Waals surface area contributed by atoms with Crippen LogP contribution in [0.5, 0.6) is 0 Å². The Morgan fingerprint density at radius 1 is 1.64 bits per heavy atom. The summed E-state index contributed by atoms with van der Waals surface area (Å²) in [6, 6.07) is 1.97. The third-order valence-electron chi connectivity index (χ3n) is 1.89. The van der Waals surface area contributed by atoms with Crippen molar-refractivity contribution >= 4 is 50.0 Å². The molecule has 14 heavy (non-hydrogen) atoms. The number of rotatable bonds is 1. The van der Waals surface area contributed by atoms with Crippen LogP contribution in [0.25, 0.3) is 5.65 Å². The highest BCUT2D eigenvalue weighted by molar-refractivity contribution is 14.1. The standard InChI is InChI=1S/C9H6BrIN2O/c1-5(14)8-3-12-9-7(10)2-6(11)4-13(8)9/h2-4H,1H3. The molecule has 0 fully saturated rings. The van der Waals surface area contributed by atoms with Crippen LogP contribution in [-0.2, 0) is 0 Å². The minimum absolute atomic E-state index is 0.0198. The van der Waals surface area contributed by atoms with E-state index >= 15 is 0 Å².